The van der Waals surface area contributed by atoms with Crippen molar-refractivity contribution in [1.29, 1.82) is 10.5 Å². The van der Waals surface area contributed by atoms with E-state index in [0.29, 0.717) is 46.5 Å². The maximum Gasteiger partial charge on any atom is 0.167 e. The Kier molecular flexibility index (Phi) is 6.47. The molecule has 0 bridgehead atoms. The average Bonchev–Trinajstić information content (AvgIpc) is 3.56. The normalized spacial score (nSPS) is 18.1. The molecule has 0 aliphatic heterocycles. The van der Waals surface area contributed by atoms with Gasteiger partial charge in [-0.2, -0.15) is 20.3 Å². The zero-order chi connectivity index (χ0) is 25.9. The zero-order valence-electron chi connectivity index (χ0n) is 20.2. The first kappa shape index (κ1) is 23.9. The molecule has 12 nitrogen and oxygen atoms in total. The van der Waals surface area contributed by atoms with Crippen LogP contribution in [0.2, 0.25) is 0 Å². The molecule has 0 saturated heterocycles. The van der Waals surface area contributed by atoms with Gasteiger partial charge in [-0.05, 0) is 44.6 Å². The van der Waals surface area contributed by atoms with Crippen molar-refractivity contribution in [3.8, 4) is 23.6 Å². The maximum absolute atomic E-state index is 10.8. The number of anilines is 2. The smallest absolute Gasteiger partial charge is 0.167 e. The van der Waals surface area contributed by atoms with Crippen molar-refractivity contribution in [2.45, 2.75) is 51.0 Å². The molecule has 1 aliphatic rings. The molecule has 1 fully saturated rings. The molecular formula is C25H25N11O. The number of nitrogens with zero attached hydrogens (tertiary/aromatic N) is 9. The second-order valence-electron chi connectivity index (χ2n) is 9.26. The van der Waals surface area contributed by atoms with Gasteiger partial charge in [0.25, 0.3) is 0 Å². The molecule has 186 valence electrons. The van der Waals surface area contributed by atoms with Crippen molar-refractivity contribution in [2.24, 2.45) is 5.92 Å². The number of hydrogen-bond donors (Lipinski definition) is 2. The van der Waals surface area contributed by atoms with Crippen LogP contribution in [0.4, 0.5) is 11.5 Å². The lowest BCUT2D eigenvalue weighted by Crippen LogP contribution is -2.16. The lowest BCUT2D eigenvalue weighted by atomic mass is 9.79. The first-order chi connectivity index (χ1) is 18.0. The number of rotatable bonds is 7. The molecule has 4 aromatic heterocycles. The van der Waals surface area contributed by atoms with E-state index in [9.17, 15) is 15.3 Å². The highest BCUT2D eigenvalue weighted by Crippen LogP contribution is 2.36. The summed E-state index contributed by atoms with van der Waals surface area (Å²) in [5.74, 6) is 1.32. The Morgan fingerprint density at radius 2 is 2.05 bits per heavy atom. The second-order valence-corrected chi connectivity index (χ2v) is 9.26. The van der Waals surface area contributed by atoms with Gasteiger partial charge in [-0.1, -0.05) is 5.21 Å². The Balaban J connectivity index is 1.48. The zero-order valence-corrected chi connectivity index (χ0v) is 20.2. The van der Waals surface area contributed by atoms with Crippen LogP contribution in [0, 0.1) is 28.6 Å². The standard InChI is InChI=1S/C25H25N11O/c1-15(10-26)31-20-9-23(36-25-19(12-30-36)8-18(11-27)24(28)32-25)29-13-22(20)35-14-21(33-34-35)17-4-2-16(3-5-17)6-7-37/h7-9,12-17H,2-6H2,1H3,(H2,28,32)(H,29,31)/t15?,16-,17-. The second kappa shape index (κ2) is 10.0. The number of nitriles is 2. The summed E-state index contributed by atoms with van der Waals surface area (Å²) in [6.07, 6.45) is 10.7. The molecule has 1 unspecified atom stereocenters. The molecule has 4 heterocycles. The van der Waals surface area contributed by atoms with Gasteiger partial charge in [0.15, 0.2) is 11.5 Å². The lowest BCUT2D eigenvalue weighted by molar-refractivity contribution is -0.108. The molecule has 0 spiro atoms. The van der Waals surface area contributed by atoms with Crippen molar-refractivity contribution in [3.05, 3.63) is 42.0 Å². The van der Waals surface area contributed by atoms with Gasteiger partial charge in [-0.3, -0.25) is 0 Å². The van der Waals surface area contributed by atoms with Crippen LogP contribution in [-0.2, 0) is 4.79 Å². The average molecular weight is 496 g/mol. The van der Waals surface area contributed by atoms with Crippen LogP contribution < -0.4 is 11.1 Å². The van der Waals surface area contributed by atoms with Gasteiger partial charge in [0, 0.05) is 23.8 Å². The monoisotopic (exact) mass is 495 g/mol. The molecule has 0 amide bonds. The van der Waals surface area contributed by atoms with Gasteiger partial charge in [-0.15, -0.1) is 5.10 Å². The number of nitrogens with one attached hydrogen (secondary N) is 1. The van der Waals surface area contributed by atoms with E-state index in [1.54, 1.807) is 36.1 Å². The van der Waals surface area contributed by atoms with Crippen molar-refractivity contribution in [2.75, 3.05) is 11.1 Å². The third-order valence-corrected chi connectivity index (χ3v) is 6.80. The first-order valence-corrected chi connectivity index (χ1v) is 12.1. The summed E-state index contributed by atoms with van der Waals surface area (Å²) in [6, 6.07) is 7.12. The van der Waals surface area contributed by atoms with Crippen LogP contribution in [0.5, 0.6) is 0 Å². The maximum atomic E-state index is 10.8. The summed E-state index contributed by atoms with van der Waals surface area (Å²) in [6.45, 7) is 1.75. The predicted molar refractivity (Wildman–Crippen MR) is 135 cm³/mol. The molecule has 1 saturated carbocycles. The number of nitrogen functional groups attached to an aromatic ring is 1. The number of carbonyl (C=O) groups excluding carboxylic acids is 1. The van der Waals surface area contributed by atoms with Crippen molar-refractivity contribution >= 4 is 28.8 Å². The predicted octanol–water partition coefficient (Wildman–Crippen LogP) is 3.04. The quantitative estimate of drug-likeness (QED) is 0.362. The number of carbonyl (C=O) groups is 1. The van der Waals surface area contributed by atoms with E-state index in [1.165, 1.54) is 4.68 Å². The topological polar surface area (TPSA) is 177 Å². The van der Waals surface area contributed by atoms with Crippen molar-refractivity contribution in [1.82, 2.24) is 34.7 Å². The molecule has 4 aromatic rings. The summed E-state index contributed by atoms with van der Waals surface area (Å²) >= 11 is 0. The van der Waals surface area contributed by atoms with E-state index in [2.05, 4.69) is 36.8 Å². The molecule has 1 atom stereocenters. The van der Waals surface area contributed by atoms with Gasteiger partial charge in [0.05, 0.1) is 41.6 Å². The Morgan fingerprint density at radius 1 is 1.24 bits per heavy atom. The fourth-order valence-electron chi connectivity index (χ4n) is 4.76. The number of aromatic nitrogens is 7. The molecule has 37 heavy (non-hydrogen) atoms. The molecule has 3 N–H and O–H groups in total. The van der Waals surface area contributed by atoms with Crippen LogP contribution in [-0.4, -0.2) is 47.1 Å². The van der Waals surface area contributed by atoms with E-state index in [4.69, 9.17) is 5.73 Å². The van der Waals surface area contributed by atoms with Crippen LogP contribution >= 0.6 is 0 Å². The summed E-state index contributed by atoms with van der Waals surface area (Å²) in [5.41, 5.74) is 8.82. The minimum Gasteiger partial charge on any atom is -0.383 e. The molecule has 12 heteroatoms. The largest absolute Gasteiger partial charge is 0.383 e. The van der Waals surface area contributed by atoms with Gasteiger partial charge in [-0.25, -0.2) is 14.6 Å². The number of pyridine rings is 2. The van der Waals surface area contributed by atoms with E-state index < -0.39 is 6.04 Å². The Morgan fingerprint density at radius 3 is 2.78 bits per heavy atom. The minimum atomic E-state index is -0.480. The molecule has 1 aliphatic carbocycles. The Hall–Kier alpha value is -4.84. The summed E-state index contributed by atoms with van der Waals surface area (Å²) < 4.78 is 3.19. The van der Waals surface area contributed by atoms with Gasteiger partial charge >= 0.3 is 0 Å². The summed E-state index contributed by atoms with van der Waals surface area (Å²) in [5, 5.41) is 35.7. The van der Waals surface area contributed by atoms with Gasteiger partial charge in [0.2, 0.25) is 0 Å². The van der Waals surface area contributed by atoms with Crippen molar-refractivity contribution < 1.29 is 4.79 Å². The van der Waals surface area contributed by atoms with Crippen LogP contribution in [0.15, 0.2) is 30.7 Å². The highest BCUT2D eigenvalue weighted by Gasteiger charge is 2.25. The van der Waals surface area contributed by atoms with E-state index in [-0.39, 0.29) is 11.4 Å². The highest BCUT2D eigenvalue weighted by atomic mass is 16.1. The fourth-order valence-corrected chi connectivity index (χ4v) is 4.76. The third kappa shape index (κ3) is 4.69. The molecule has 0 radical (unpaired) electrons. The fraction of sp³-hybridized carbons (Fsp3) is 0.360. The Bertz CT molecular complexity index is 1530. The minimum absolute atomic E-state index is 0.111. The van der Waals surface area contributed by atoms with Gasteiger partial charge < -0.3 is 15.8 Å². The summed E-state index contributed by atoms with van der Waals surface area (Å²) in [4.78, 5) is 19.7. The van der Waals surface area contributed by atoms with Crippen LogP contribution in [0.1, 0.15) is 56.2 Å². The van der Waals surface area contributed by atoms with E-state index in [1.807, 2.05) is 12.3 Å². The SMILES string of the molecule is CC(C#N)Nc1cc(-n2ncc3cc(C#N)c(N)nc32)ncc1-n1cc([C@H]2CC[C@H](CC=O)CC2)nn1. The number of fused-ring (bicyclic) bond motifs is 1. The number of aldehydes is 1. The highest BCUT2D eigenvalue weighted by molar-refractivity contribution is 5.80. The summed E-state index contributed by atoms with van der Waals surface area (Å²) in [7, 11) is 0. The van der Waals surface area contributed by atoms with Gasteiger partial charge in [0.1, 0.15) is 29.9 Å². The number of nitrogens with two attached hydrogens (primary N) is 1. The van der Waals surface area contributed by atoms with E-state index in [0.717, 1.165) is 37.7 Å². The lowest BCUT2D eigenvalue weighted by Gasteiger charge is -2.25. The van der Waals surface area contributed by atoms with E-state index >= 15 is 0 Å². The van der Waals surface area contributed by atoms with Crippen molar-refractivity contribution in [3.63, 3.8) is 0 Å². The number of hydrogen-bond acceptors (Lipinski definition) is 10. The molecular weight excluding hydrogens is 470 g/mol. The first-order valence-electron chi connectivity index (χ1n) is 12.1. The van der Waals surface area contributed by atoms with Crippen LogP contribution in [0.25, 0.3) is 22.5 Å². The molecule has 5 rings (SSSR count). The van der Waals surface area contributed by atoms with Crippen LogP contribution in [0.3, 0.4) is 0 Å². The third-order valence-electron chi connectivity index (χ3n) is 6.80. The Labute approximate surface area is 212 Å². The molecule has 0 aromatic carbocycles.